The Morgan fingerprint density at radius 1 is 1.19 bits per heavy atom. The average molecular weight is 224 g/mol. The zero-order valence-electron chi connectivity index (χ0n) is 10.2. The minimum Gasteiger partial charge on any atom is -0.377 e. The first kappa shape index (κ1) is 11.0. The lowest BCUT2D eigenvalue weighted by atomic mass is 10.1. The minimum atomic E-state index is 0.526. The molecule has 3 fully saturated rings. The van der Waals surface area contributed by atoms with Crippen LogP contribution in [-0.4, -0.2) is 49.8 Å². The van der Waals surface area contributed by atoms with Crippen molar-refractivity contribution >= 4 is 0 Å². The third-order valence-electron chi connectivity index (χ3n) is 4.19. The Kier molecular flexibility index (Phi) is 3.46. The molecule has 2 saturated heterocycles. The van der Waals surface area contributed by atoms with Crippen molar-refractivity contribution in [3.63, 3.8) is 0 Å². The van der Waals surface area contributed by atoms with Gasteiger partial charge in [-0.1, -0.05) is 0 Å². The summed E-state index contributed by atoms with van der Waals surface area (Å²) in [6, 6.07) is 0.768. The zero-order chi connectivity index (χ0) is 10.8. The summed E-state index contributed by atoms with van der Waals surface area (Å²) in [6.07, 6.45) is 7.27. The van der Waals surface area contributed by atoms with Crippen LogP contribution in [0.2, 0.25) is 0 Å². The standard InChI is InChI=1S/C13H24N2O/c1-3-12(16-8-1)9-15-7-2-6-14-13(10-15)11-4-5-11/h11-14H,1-10H2. The molecule has 1 saturated carbocycles. The van der Waals surface area contributed by atoms with Crippen LogP contribution < -0.4 is 5.32 Å². The predicted molar refractivity (Wildman–Crippen MR) is 64.5 cm³/mol. The maximum absolute atomic E-state index is 5.75. The molecule has 3 heteroatoms. The molecule has 3 rings (SSSR count). The number of hydrogen-bond acceptors (Lipinski definition) is 3. The summed E-state index contributed by atoms with van der Waals surface area (Å²) < 4.78 is 5.75. The molecule has 0 radical (unpaired) electrons. The van der Waals surface area contributed by atoms with Gasteiger partial charge < -0.3 is 10.1 Å². The van der Waals surface area contributed by atoms with E-state index in [1.165, 1.54) is 58.3 Å². The van der Waals surface area contributed by atoms with Crippen LogP contribution >= 0.6 is 0 Å². The van der Waals surface area contributed by atoms with E-state index in [-0.39, 0.29) is 0 Å². The van der Waals surface area contributed by atoms with Crippen molar-refractivity contribution in [3.8, 4) is 0 Å². The highest BCUT2D eigenvalue weighted by Gasteiger charge is 2.33. The highest BCUT2D eigenvalue weighted by atomic mass is 16.5. The summed E-state index contributed by atoms with van der Waals surface area (Å²) in [5.74, 6) is 0.977. The van der Waals surface area contributed by atoms with E-state index in [1.54, 1.807) is 0 Å². The molecule has 2 heterocycles. The Labute approximate surface area is 98.5 Å². The van der Waals surface area contributed by atoms with E-state index in [9.17, 15) is 0 Å². The molecule has 0 spiro atoms. The average Bonchev–Trinajstić information content (AvgIpc) is 3.03. The summed E-state index contributed by atoms with van der Waals surface area (Å²) in [6.45, 7) is 5.89. The van der Waals surface area contributed by atoms with Crippen LogP contribution in [0.15, 0.2) is 0 Å². The molecular formula is C13H24N2O. The molecule has 3 nitrogen and oxygen atoms in total. The second-order valence-corrected chi connectivity index (χ2v) is 5.65. The zero-order valence-corrected chi connectivity index (χ0v) is 10.2. The highest BCUT2D eigenvalue weighted by molar-refractivity contribution is 4.90. The number of nitrogens with zero attached hydrogens (tertiary/aromatic N) is 1. The summed E-state index contributed by atoms with van der Waals surface area (Å²) in [5, 5.41) is 3.72. The SMILES string of the molecule is C1COC(CN2CCCNC(C3CC3)C2)C1. The van der Waals surface area contributed by atoms with Crippen LogP contribution in [0, 0.1) is 5.92 Å². The van der Waals surface area contributed by atoms with E-state index in [2.05, 4.69) is 10.2 Å². The van der Waals surface area contributed by atoms with Crippen molar-refractivity contribution in [1.82, 2.24) is 10.2 Å². The fourth-order valence-electron chi connectivity index (χ4n) is 3.08. The molecule has 0 aromatic heterocycles. The van der Waals surface area contributed by atoms with Gasteiger partial charge >= 0.3 is 0 Å². The van der Waals surface area contributed by atoms with E-state index in [0.717, 1.165) is 18.6 Å². The van der Waals surface area contributed by atoms with Gasteiger partial charge in [-0.25, -0.2) is 0 Å². The van der Waals surface area contributed by atoms with Crippen molar-refractivity contribution in [1.29, 1.82) is 0 Å². The molecule has 16 heavy (non-hydrogen) atoms. The van der Waals surface area contributed by atoms with Crippen LogP contribution in [0.3, 0.4) is 0 Å². The third kappa shape index (κ3) is 2.76. The fourth-order valence-corrected chi connectivity index (χ4v) is 3.08. The van der Waals surface area contributed by atoms with Crippen molar-refractivity contribution in [3.05, 3.63) is 0 Å². The minimum absolute atomic E-state index is 0.526. The van der Waals surface area contributed by atoms with E-state index in [1.807, 2.05) is 0 Å². The lowest BCUT2D eigenvalue weighted by Gasteiger charge is -2.26. The smallest absolute Gasteiger partial charge is 0.0702 e. The van der Waals surface area contributed by atoms with Crippen molar-refractivity contribution in [2.24, 2.45) is 5.92 Å². The lowest BCUT2D eigenvalue weighted by molar-refractivity contribution is 0.0719. The first-order chi connectivity index (χ1) is 7.92. The second-order valence-electron chi connectivity index (χ2n) is 5.65. The van der Waals surface area contributed by atoms with Gasteiger partial charge in [-0.2, -0.15) is 0 Å². The number of hydrogen-bond donors (Lipinski definition) is 1. The van der Waals surface area contributed by atoms with Gasteiger partial charge in [0.05, 0.1) is 6.10 Å². The Morgan fingerprint density at radius 3 is 2.88 bits per heavy atom. The largest absolute Gasteiger partial charge is 0.377 e. The van der Waals surface area contributed by atoms with Crippen LogP contribution in [0.25, 0.3) is 0 Å². The maximum Gasteiger partial charge on any atom is 0.0702 e. The highest BCUT2D eigenvalue weighted by Crippen LogP contribution is 2.33. The molecular weight excluding hydrogens is 200 g/mol. The lowest BCUT2D eigenvalue weighted by Crippen LogP contribution is -2.41. The molecule has 0 bridgehead atoms. The number of nitrogens with one attached hydrogen (secondary N) is 1. The molecule has 0 aromatic carbocycles. The van der Waals surface area contributed by atoms with Gasteiger partial charge in [0, 0.05) is 25.7 Å². The molecule has 2 atom stereocenters. The van der Waals surface area contributed by atoms with Crippen molar-refractivity contribution in [2.45, 2.75) is 44.2 Å². The molecule has 3 aliphatic rings. The van der Waals surface area contributed by atoms with E-state index < -0.39 is 0 Å². The topological polar surface area (TPSA) is 24.5 Å². The quantitative estimate of drug-likeness (QED) is 0.780. The fraction of sp³-hybridized carbons (Fsp3) is 1.00. The first-order valence-electron chi connectivity index (χ1n) is 6.99. The summed E-state index contributed by atoms with van der Waals surface area (Å²) in [7, 11) is 0. The Bertz CT molecular complexity index is 224. The number of rotatable bonds is 3. The van der Waals surface area contributed by atoms with Crippen LogP contribution in [0.1, 0.15) is 32.1 Å². The van der Waals surface area contributed by atoms with Crippen molar-refractivity contribution < 1.29 is 4.74 Å². The van der Waals surface area contributed by atoms with Gasteiger partial charge in [0.2, 0.25) is 0 Å². The van der Waals surface area contributed by atoms with Crippen LogP contribution in [0.4, 0.5) is 0 Å². The first-order valence-corrected chi connectivity index (χ1v) is 6.99. The third-order valence-corrected chi connectivity index (χ3v) is 4.19. The number of ether oxygens (including phenoxy) is 1. The Hall–Kier alpha value is -0.120. The van der Waals surface area contributed by atoms with Gasteiger partial charge in [-0.3, -0.25) is 4.90 Å². The predicted octanol–water partition coefficient (Wildman–Crippen LogP) is 1.24. The molecule has 1 N–H and O–H groups in total. The van der Waals surface area contributed by atoms with Gasteiger partial charge in [-0.05, 0) is 51.1 Å². The summed E-state index contributed by atoms with van der Waals surface area (Å²) >= 11 is 0. The van der Waals surface area contributed by atoms with E-state index >= 15 is 0 Å². The molecule has 2 aliphatic heterocycles. The Balaban J connectivity index is 1.51. The second kappa shape index (κ2) is 5.03. The van der Waals surface area contributed by atoms with Gasteiger partial charge in [-0.15, -0.1) is 0 Å². The normalized spacial score (nSPS) is 37.5. The summed E-state index contributed by atoms with van der Waals surface area (Å²) in [4.78, 5) is 2.64. The van der Waals surface area contributed by atoms with Gasteiger partial charge in [0.15, 0.2) is 0 Å². The van der Waals surface area contributed by atoms with E-state index in [4.69, 9.17) is 4.74 Å². The van der Waals surface area contributed by atoms with Crippen molar-refractivity contribution in [2.75, 3.05) is 32.8 Å². The monoisotopic (exact) mass is 224 g/mol. The molecule has 92 valence electrons. The van der Waals surface area contributed by atoms with Crippen LogP contribution in [-0.2, 0) is 4.74 Å². The molecule has 0 amide bonds. The van der Waals surface area contributed by atoms with E-state index in [0.29, 0.717) is 6.10 Å². The van der Waals surface area contributed by atoms with Gasteiger partial charge in [0.25, 0.3) is 0 Å². The Morgan fingerprint density at radius 2 is 2.12 bits per heavy atom. The van der Waals surface area contributed by atoms with Crippen LogP contribution in [0.5, 0.6) is 0 Å². The molecule has 0 aromatic rings. The molecule has 1 aliphatic carbocycles. The maximum atomic E-state index is 5.75. The van der Waals surface area contributed by atoms with Gasteiger partial charge in [0.1, 0.15) is 0 Å². The molecule has 2 unspecified atom stereocenters. The summed E-state index contributed by atoms with van der Waals surface area (Å²) in [5.41, 5.74) is 0.